The fourth-order valence-electron chi connectivity index (χ4n) is 1.72. The molecule has 1 heterocycles. The Bertz CT molecular complexity index is 638. The topological polar surface area (TPSA) is 68.7 Å². The highest BCUT2D eigenvalue weighted by Gasteiger charge is 2.05. The molecular formula is C16H15NO4. The van der Waals surface area contributed by atoms with Gasteiger partial charge in [0.2, 0.25) is 0 Å². The summed E-state index contributed by atoms with van der Waals surface area (Å²) >= 11 is 0. The SMILES string of the molecule is COc1ccc(C=CC(=O)O)cc1OCc1ccncc1. The van der Waals surface area contributed by atoms with E-state index in [1.54, 1.807) is 37.7 Å². The maximum absolute atomic E-state index is 10.5. The van der Waals surface area contributed by atoms with Crippen LogP contribution in [0.1, 0.15) is 11.1 Å². The maximum atomic E-state index is 10.5. The first-order chi connectivity index (χ1) is 10.2. The number of aliphatic carboxylic acids is 1. The number of carbonyl (C=O) groups is 1. The highest BCUT2D eigenvalue weighted by molar-refractivity contribution is 5.85. The first kappa shape index (κ1) is 14.6. The molecule has 0 aliphatic heterocycles. The third-order valence-electron chi connectivity index (χ3n) is 2.75. The van der Waals surface area contributed by atoms with Crippen molar-refractivity contribution in [2.24, 2.45) is 0 Å². The number of carboxylic acids is 1. The predicted molar refractivity (Wildman–Crippen MR) is 78.2 cm³/mol. The number of ether oxygens (including phenoxy) is 2. The smallest absolute Gasteiger partial charge is 0.328 e. The van der Waals surface area contributed by atoms with Crippen LogP contribution in [0.5, 0.6) is 11.5 Å². The van der Waals surface area contributed by atoms with Crippen molar-refractivity contribution in [2.45, 2.75) is 6.61 Å². The maximum Gasteiger partial charge on any atom is 0.328 e. The molecule has 108 valence electrons. The van der Waals surface area contributed by atoms with Gasteiger partial charge in [0.25, 0.3) is 0 Å². The van der Waals surface area contributed by atoms with Crippen LogP contribution in [-0.4, -0.2) is 23.2 Å². The highest BCUT2D eigenvalue weighted by Crippen LogP contribution is 2.29. The Hall–Kier alpha value is -2.82. The third-order valence-corrected chi connectivity index (χ3v) is 2.75. The quantitative estimate of drug-likeness (QED) is 0.826. The van der Waals surface area contributed by atoms with Gasteiger partial charge in [-0.25, -0.2) is 4.79 Å². The molecule has 5 heteroatoms. The summed E-state index contributed by atoms with van der Waals surface area (Å²) in [4.78, 5) is 14.5. The Morgan fingerprint density at radius 1 is 1.24 bits per heavy atom. The Balaban J connectivity index is 2.16. The van der Waals surface area contributed by atoms with Crippen LogP contribution in [0.2, 0.25) is 0 Å². The fraction of sp³-hybridized carbons (Fsp3) is 0.125. The number of nitrogens with zero attached hydrogens (tertiary/aromatic N) is 1. The second kappa shape index (κ2) is 7.09. The number of carboxylic acid groups (broad SMARTS) is 1. The zero-order chi connectivity index (χ0) is 15.1. The molecule has 1 aromatic carbocycles. The Labute approximate surface area is 122 Å². The van der Waals surface area contributed by atoms with E-state index >= 15 is 0 Å². The minimum Gasteiger partial charge on any atom is -0.493 e. The molecule has 0 amide bonds. The molecular weight excluding hydrogens is 270 g/mol. The number of aromatic nitrogens is 1. The zero-order valence-electron chi connectivity index (χ0n) is 11.5. The standard InChI is InChI=1S/C16H15NO4/c1-20-14-4-2-12(3-5-16(18)19)10-15(14)21-11-13-6-8-17-9-7-13/h2-10H,11H2,1H3,(H,18,19). The molecule has 1 aromatic heterocycles. The van der Waals surface area contributed by atoms with Crippen molar-refractivity contribution in [3.8, 4) is 11.5 Å². The van der Waals surface area contributed by atoms with Gasteiger partial charge in [0.1, 0.15) is 6.61 Å². The zero-order valence-corrected chi connectivity index (χ0v) is 11.5. The molecule has 0 aliphatic rings. The number of benzene rings is 1. The number of hydrogen-bond acceptors (Lipinski definition) is 4. The molecule has 2 rings (SSSR count). The van der Waals surface area contributed by atoms with Crippen LogP contribution in [-0.2, 0) is 11.4 Å². The number of rotatable bonds is 6. The molecule has 0 saturated carbocycles. The molecule has 0 fully saturated rings. The van der Waals surface area contributed by atoms with Crippen LogP contribution in [0.4, 0.5) is 0 Å². The van der Waals surface area contributed by atoms with Gasteiger partial charge in [0.15, 0.2) is 11.5 Å². The van der Waals surface area contributed by atoms with E-state index in [0.717, 1.165) is 17.2 Å². The van der Waals surface area contributed by atoms with E-state index in [1.165, 1.54) is 6.08 Å². The lowest BCUT2D eigenvalue weighted by molar-refractivity contribution is -0.131. The van der Waals surface area contributed by atoms with Crippen molar-refractivity contribution in [2.75, 3.05) is 7.11 Å². The Kier molecular flexibility index (Phi) is 4.93. The monoisotopic (exact) mass is 285 g/mol. The minimum atomic E-state index is -0.995. The van der Waals surface area contributed by atoms with Crippen molar-refractivity contribution >= 4 is 12.0 Å². The van der Waals surface area contributed by atoms with Gasteiger partial charge >= 0.3 is 5.97 Å². The normalized spacial score (nSPS) is 10.5. The molecule has 2 aromatic rings. The van der Waals surface area contributed by atoms with Crippen LogP contribution in [0.25, 0.3) is 6.08 Å². The van der Waals surface area contributed by atoms with Gasteiger partial charge in [-0.05, 0) is 41.5 Å². The van der Waals surface area contributed by atoms with Crippen molar-refractivity contribution in [1.82, 2.24) is 4.98 Å². The van der Waals surface area contributed by atoms with Crippen molar-refractivity contribution in [3.63, 3.8) is 0 Å². The predicted octanol–water partition coefficient (Wildman–Crippen LogP) is 2.77. The number of hydrogen-bond donors (Lipinski definition) is 1. The largest absolute Gasteiger partial charge is 0.493 e. The molecule has 5 nitrogen and oxygen atoms in total. The molecule has 0 bridgehead atoms. The fourth-order valence-corrected chi connectivity index (χ4v) is 1.72. The average Bonchev–Trinajstić information content (AvgIpc) is 2.52. The molecule has 21 heavy (non-hydrogen) atoms. The second-order valence-electron chi connectivity index (χ2n) is 4.23. The lowest BCUT2D eigenvalue weighted by atomic mass is 10.2. The van der Waals surface area contributed by atoms with Crippen LogP contribution in [0.3, 0.4) is 0 Å². The summed E-state index contributed by atoms with van der Waals surface area (Å²) in [6.45, 7) is 0.380. The molecule has 1 N–H and O–H groups in total. The summed E-state index contributed by atoms with van der Waals surface area (Å²) in [6.07, 6.45) is 5.97. The van der Waals surface area contributed by atoms with Crippen molar-refractivity contribution in [1.29, 1.82) is 0 Å². The summed E-state index contributed by atoms with van der Waals surface area (Å²) in [6, 6.07) is 8.96. The number of pyridine rings is 1. The van der Waals surface area contributed by atoms with E-state index in [4.69, 9.17) is 14.6 Å². The van der Waals surface area contributed by atoms with E-state index in [-0.39, 0.29) is 0 Å². The Morgan fingerprint density at radius 3 is 2.67 bits per heavy atom. The first-order valence-corrected chi connectivity index (χ1v) is 6.30. The lowest BCUT2D eigenvalue weighted by Crippen LogP contribution is -1.98. The minimum absolute atomic E-state index is 0.380. The van der Waals surface area contributed by atoms with Gasteiger partial charge in [-0.2, -0.15) is 0 Å². The van der Waals surface area contributed by atoms with E-state index in [0.29, 0.717) is 18.1 Å². The van der Waals surface area contributed by atoms with Crippen LogP contribution in [0.15, 0.2) is 48.8 Å². The first-order valence-electron chi connectivity index (χ1n) is 6.30. The molecule has 0 atom stereocenters. The summed E-state index contributed by atoms with van der Waals surface area (Å²) in [5.41, 5.74) is 1.71. The summed E-state index contributed by atoms with van der Waals surface area (Å²) in [5, 5.41) is 8.65. The van der Waals surface area contributed by atoms with Gasteiger partial charge in [0.05, 0.1) is 7.11 Å². The van der Waals surface area contributed by atoms with Gasteiger partial charge in [-0.15, -0.1) is 0 Å². The van der Waals surface area contributed by atoms with Gasteiger partial charge in [0, 0.05) is 18.5 Å². The number of methoxy groups -OCH3 is 1. The van der Waals surface area contributed by atoms with Crippen LogP contribution >= 0.6 is 0 Å². The third kappa shape index (κ3) is 4.35. The van der Waals surface area contributed by atoms with Gasteiger partial charge in [-0.3, -0.25) is 4.98 Å². The summed E-state index contributed by atoms with van der Waals surface area (Å²) in [7, 11) is 1.56. The van der Waals surface area contributed by atoms with Crippen molar-refractivity contribution in [3.05, 3.63) is 59.9 Å². The van der Waals surface area contributed by atoms with E-state index in [9.17, 15) is 4.79 Å². The van der Waals surface area contributed by atoms with Gasteiger partial charge in [-0.1, -0.05) is 6.07 Å². The van der Waals surface area contributed by atoms with Crippen LogP contribution < -0.4 is 9.47 Å². The average molecular weight is 285 g/mol. The molecule has 0 saturated heterocycles. The molecule has 0 spiro atoms. The molecule has 0 unspecified atom stereocenters. The highest BCUT2D eigenvalue weighted by atomic mass is 16.5. The van der Waals surface area contributed by atoms with E-state index in [1.807, 2.05) is 12.1 Å². The van der Waals surface area contributed by atoms with Gasteiger partial charge < -0.3 is 14.6 Å². The Morgan fingerprint density at radius 2 is 2.00 bits per heavy atom. The summed E-state index contributed by atoms with van der Waals surface area (Å²) in [5.74, 6) is 0.156. The van der Waals surface area contributed by atoms with Crippen LogP contribution in [0, 0.1) is 0 Å². The molecule has 0 radical (unpaired) electrons. The van der Waals surface area contributed by atoms with E-state index < -0.39 is 5.97 Å². The second-order valence-corrected chi connectivity index (χ2v) is 4.23. The lowest BCUT2D eigenvalue weighted by Gasteiger charge is -2.11. The summed E-state index contributed by atoms with van der Waals surface area (Å²) < 4.78 is 11.0. The molecule has 0 aliphatic carbocycles. The van der Waals surface area contributed by atoms with Crippen molar-refractivity contribution < 1.29 is 19.4 Å². The van der Waals surface area contributed by atoms with E-state index in [2.05, 4.69) is 4.98 Å².